The van der Waals surface area contributed by atoms with Crippen LogP contribution in [-0.4, -0.2) is 114 Å². The first-order valence-electron chi connectivity index (χ1n) is 16.0. The van der Waals surface area contributed by atoms with E-state index in [1.807, 2.05) is 0 Å². The molecule has 0 radical (unpaired) electrons. The molecule has 0 amide bonds. The van der Waals surface area contributed by atoms with E-state index in [1.54, 1.807) is 0 Å². The molecule has 0 fully saturated rings. The Morgan fingerprint density at radius 3 is 0.452 bits per heavy atom. The average Bonchev–Trinajstić information content (AvgIpc) is 3.45. The Morgan fingerprint density at radius 1 is 0.247 bits per heavy atom. The minimum absolute atomic E-state index is 0. The predicted molar refractivity (Wildman–Crippen MR) is 173 cm³/mol. The van der Waals surface area contributed by atoms with Crippen molar-refractivity contribution < 1.29 is 175 Å². The summed E-state index contributed by atoms with van der Waals surface area (Å²) in [6, 6.07) is 0. The molecule has 2 rings (SSSR count). The van der Waals surface area contributed by atoms with Gasteiger partial charge in [-0.15, -0.1) is 20.1 Å². The van der Waals surface area contributed by atoms with Gasteiger partial charge in [-0.25, -0.2) is 0 Å². The maximum absolute atomic E-state index is 13.8. The molecule has 47 heteroatoms. The third-order valence-electron chi connectivity index (χ3n) is 8.54. The Kier molecular flexibility index (Phi) is 19.5. The van der Waals surface area contributed by atoms with Gasteiger partial charge in [0.05, 0.1) is 26.2 Å². The van der Waals surface area contributed by atoms with Gasteiger partial charge in [0.2, 0.25) is 0 Å². The Hall–Kier alpha value is -2.29. The van der Waals surface area contributed by atoms with Gasteiger partial charge in [0.25, 0.3) is 0 Å². The van der Waals surface area contributed by atoms with Crippen LogP contribution in [0.3, 0.4) is 0 Å². The molecule has 0 N–H and O–H groups in total. The summed E-state index contributed by atoms with van der Waals surface area (Å²) in [6.07, 6.45) is -29.0. The second kappa shape index (κ2) is 20.2. The molecule has 0 aromatic carbocycles. The van der Waals surface area contributed by atoms with Gasteiger partial charge in [-0.05, 0) is 24.4 Å². The Labute approximate surface area is 418 Å². The molecule has 0 saturated carbocycles. The Morgan fingerprint density at radius 2 is 0.356 bits per heavy atom. The Bertz CT molecular complexity index is 2080. The van der Waals surface area contributed by atoms with Gasteiger partial charge < -0.3 is 68.8 Å². The number of alkyl halides is 36. The van der Waals surface area contributed by atoms with E-state index < -0.39 is 170 Å². The summed E-state index contributed by atoms with van der Waals surface area (Å²) in [4.78, 5) is 0. The van der Waals surface area contributed by atoms with Gasteiger partial charge in [0.1, 0.15) is 0 Å². The van der Waals surface area contributed by atoms with E-state index in [4.69, 9.17) is 0 Å². The third kappa shape index (κ3) is 11.6. The second-order valence-corrected chi connectivity index (χ2v) is 15.8. The molecule has 0 aliphatic heterocycles. The van der Waals surface area contributed by atoms with Crippen molar-refractivity contribution in [3.8, 4) is 0 Å². The normalized spacial score (nSPS) is 15.3. The van der Waals surface area contributed by atoms with Crippen molar-refractivity contribution in [2.75, 3.05) is 0 Å². The SMILES string of the molecule is FC(F)(F)C(F)(F)C(F)(F)C(F)(F)Cn1c([S-])c([S-])n(CC(F)(F)C(F)(F)C(F)(F)C(F)(F)F)c1=S.FC(F)(F)C(F)(F)C(F)(F)C(F)(F)Cn1c([S-])c([S-])n(CC(F)(F)C(F)(F)C(F)(F)C(F)(F)F)c1=S.[Ni]. The first-order valence-corrected chi connectivity index (χ1v) is 18.4. The summed E-state index contributed by atoms with van der Waals surface area (Å²) in [5, 5.41) is -6.49. The van der Waals surface area contributed by atoms with E-state index in [2.05, 4.69) is 75.0 Å². The van der Waals surface area contributed by atoms with Crippen LogP contribution in [0.25, 0.3) is 0 Å². The molecule has 0 aliphatic rings. The van der Waals surface area contributed by atoms with E-state index in [9.17, 15) is 158 Å². The van der Waals surface area contributed by atoms with Crippen molar-refractivity contribution in [3.63, 3.8) is 0 Å². The number of nitrogens with zero attached hydrogens (tertiary/aromatic N) is 4. The standard InChI is InChI=1S/2C13H6F18N2S3.Ni/c2*14-6(15,8(18,19)10(22,23)12(26,27)28)1-32-3(34)4(35)33(5(32)36)2-7(16,17)9(20,21)11(24,25)13(29,30)31;/h2*34-35H,1-2H2;/p-4. The van der Waals surface area contributed by atoms with Crippen molar-refractivity contribution in [3.05, 3.63) is 9.54 Å². The fourth-order valence-electron chi connectivity index (χ4n) is 4.48. The number of hydrogen-bond acceptors (Lipinski definition) is 6. The number of hydrogen-bond donors (Lipinski definition) is 0. The molecule has 0 aliphatic carbocycles. The van der Waals surface area contributed by atoms with Crippen LogP contribution in [0, 0.1) is 9.54 Å². The average molecular weight is 1310 g/mol. The molecule has 434 valence electrons. The molecular weight excluding hydrogens is 1300 g/mol. The molecule has 2 aromatic rings. The maximum atomic E-state index is 13.8. The number of imidazole rings is 2. The minimum Gasteiger partial charge on any atom is -0.762 e. The zero-order chi connectivity index (χ0) is 58.6. The first-order chi connectivity index (χ1) is 30.8. The summed E-state index contributed by atoms with van der Waals surface area (Å²) in [6.45, 7) is -12.3. The zero-order valence-corrected chi connectivity index (χ0v) is 37.9. The first kappa shape index (κ1) is 70.7. The van der Waals surface area contributed by atoms with E-state index in [0.717, 1.165) is 0 Å². The predicted octanol–water partition coefficient (Wildman–Crippen LogP) is 13.5. The van der Waals surface area contributed by atoms with Crippen LogP contribution in [0.15, 0.2) is 20.1 Å². The molecule has 73 heavy (non-hydrogen) atoms. The van der Waals surface area contributed by atoms with Crippen molar-refractivity contribution in [2.45, 2.75) is 142 Å². The van der Waals surface area contributed by atoms with E-state index in [-0.39, 0.29) is 16.5 Å². The maximum Gasteiger partial charge on any atom is 0.460 e. The smallest absolute Gasteiger partial charge is 0.460 e. The summed E-state index contributed by atoms with van der Waals surface area (Å²) in [5.74, 6) is -84.6. The molecule has 0 unspecified atom stereocenters. The topological polar surface area (TPSA) is 19.7 Å². The molecule has 0 spiro atoms. The third-order valence-corrected chi connectivity index (χ3v) is 11.3. The molecule has 0 bridgehead atoms. The number of aromatic nitrogens is 4. The van der Waals surface area contributed by atoms with Gasteiger partial charge in [-0.3, -0.25) is 0 Å². The molecule has 2 heterocycles. The van der Waals surface area contributed by atoms with Crippen molar-refractivity contribution >= 4 is 75.0 Å². The van der Waals surface area contributed by atoms with Crippen LogP contribution >= 0.6 is 24.4 Å². The van der Waals surface area contributed by atoms with Crippen LogP contribution in [0.4, 0.5) is 158 Å². The summed E-state index contributed by atoms with van der Waals surface area (Å²) in [5.41, 5.74) is 0. The molecule has 2 aromatic heterocycles. The summed E-state index contributed by atoms with van der Waals surface area (Å²) < 4.78 is 461. The van der Waals surface area contributed by atoms with Crippen LogP contribution in [-0.2, 0) is 93.2 Å². The fourth-order valence-corrected chi connectivity index (χ4v) is 6.38. The monoisotopic (exact) mass is 1310 g/mol. The fraction of sp³-hybridized carbons (Fsp3) is 0.769. The van der Waals surface area contributed by atoms with Gasteiger partial charge in [0.15, 0.2) is 9.54 Å². The van der Waals surface area contributed by atoms with Gasteiger partial charge in [-0.2, -0.15) is 158 Å². The number of rotatable bonds is 16. The minimum atomic E-state index is -7.41. The quantitative estimate of drug-likeness (QED) is 0.0717. The van der Waals surface area contributed by atoms with E-state index >= 15 is 0 Å². The molecular formula is C26H8F36N4NiS6-4. The summed E-state index contributed by atoms with van der Waals surface area (Å²) in [7, 11) is 0. The van der Waals surface area contributed by atoms with Gasteiger partial charge in [0, 0.05) is 16.5 Å². The van der Waals surface area contributed by atoms with Crippen molar-refractivity contribution in [2.24, 2.45) is 0 Å². The van der Waals surface area contributed by atoms with E-state index in [0.29, 0.717) is 0 Å². The van der Waals surface area contributed by atoms with Crippen LogP contribution in [0.1, 0.15) is 0 Å². The van der Waals surface area contributed by atoms with Gasteiger partial charge in [-0.1, -0.05) is 0 Å². The van der Waals surface area contributed by atoms with Crippen LogP contribution in [0.5, 0.6) is 0 Å². The number of halogens is 36. The largest absolute Gasteiger partial charge is 0.762 e. The van der Waals surface area contributed by atoms with Gasteiger partial charge >= 0.3 is 95.8 Å². The zero-order valence-electron chi connectivity index (χ0n) is 32.0. The molecule has 0 atom stereocenters. The van der Waals surface area contributed by atoms with Crippen molar-refractivity contribution in [1.29, 1.82) is 0 Å². The van der Waals surface area contributed by atoms with Crippen LogP contribution in [0.2, 0.25) is 0 Å². The van der Waals surface area contributed by atoms with Crippen LogP contribution < -0.4 is 0 Å². The Balaban J connectivity index is 0.00000140. The molecule has 4 nitrogen and oxygen atoms in total. The van der Waals surface area contributed by atoms with Crippen molar-refractivity contribution in [1.82, 2.24) is 18.3 Å². The second-order valence-electron chi connectivity index (χ2n) is 13.5. The summed E-state index contributed by atoms with van der Waals surface area (Å²) >= 11 is 25.1. The van der Waals surface area contributed by atoms with E-state index in [1.165, 1.54) is 0 Å². The molecule has 0 saturated heterocycles.